The first-order valence-electron chi connectivity index (χ1n) is 25.4. The van der Waals surface area contributed by atoms with E-state index in [0.717, 1.165) is 60.6 Å². The van der Waals surface area contributed by atoms with Gasteiger partial charge in [-0.05, 0) is 104 Å². The molecule has 1 fully saturated rings. The number of fused-ring (bicyclic) bond motifs is 2. The number of hydrogen-bond acceptors (Lipinski definition) is 13. The highest BCUT2D eigenvalue weighted by atomic mass is 79.9. The maximum atomic E-state index is 14.3. The number of nitrogens with zero attached hydrogens (tertiary/aromatic N) is 11. The van der Waals surface area contributed by atoms with Gasteiger partial charge in [-0.3, -0.25) is 53.0 Å². The molecule has 3 aliphatic heterocycles. The van der Waals surface area contributed by atoms with Gasteiger partial charge in [-0.25, -0.2) is 18.2 Å². The summed E-state index contributed by atoms with van der Waals surface area (Å²) in [6, 6.07) is 19.4. The van der Waals surface area contributed by atoms with Crippen LogP contribution in [0.15, 0.2) is 108 Å². The maximum Gasteiger partial charge on any atom is 0.514 e. The number of nitrogens with two attached hydrogens (primary N) is 1. The van der Waals surface area contributed by atoms with E-state index in [0.29, 0.717) is 15.7 Å². The van der Waals surface area contributed by atoms with E-state index in [1.54, 1.807) is 36.4 Å². The van der Waals surface area contributed by atoms with Crippen LogP contribution in [0.2, 0.25) is 0 Å². The van der Waals surface area contributed by atoms with Crippen LogP contribution in [0.5, 0.6) is 0 Å². The fourth-order valence-electron chi connectivity index (χ4n) is 8.69. The van der Waals surface area contributed by atoms with Crippen LogP contribution in [-0.4, -0.2) is 96.0 Å². The normalized spacial score (nSPS) is 15.2. The molecule has 0 atom stereocenters. The molecule has 87 heavy (non-hydrogen) atoms. The van der Waals surface area contributed by atoms with Crippen molar-refractivity contribution < 1.29 is 81.2 Å². The number of rotatable bonds is 8. The average molecular weight is 1290 g/mol. The number of alkyl halides is 9. The molecule has 1 saturated heterocycles. The second-order valence-electron chi connectivity index (χ2n) is 20.3. The molecule has 6 aromatic heterocycles. The van der Waals surface area contributed by atoms with Crippen LogP contribution < -0.4 is 11.3 Å². The molecule has 2 aromatic carbocycles. The van der Waals surface area contributed by atoms with Crippen LogP contribution in [0.4, 0.5) is 52.7 Å². The van der Waals surface area contributed by atoms with Crippen LogP contribution in [0.1, 0.15) is 103 Å². The lowest BCUT2D eigenvalue weighted by molar-refractivity contribution is -0.142. The highest BCUT2D eigenvalue weighted by Crippen LogP contribution is 2.38. The van der Waals surface area contributed by atoms with Gasteiger partial charge in [0, 0.05) is 44.4 Å². The van der Waals surface area contributed by atoms with Crippen LogP contribution in [0.3, 0.4) is 0 Å². The lowest BCUT2D eigenvalue weighted by atomic mass is 9.84. The van der Waals surface area contributed by atoms with Crippen molar-refractivity contribution in [2.24, 2.45) is 26.9 Å². The van der Waals surface area contributed by atoms with Crippen LogP contribution in [0, 0.1) is 17.5 Å². The molecule has 2 N–H and O–H groups in total. The van der Waals surface area contributed by atoms with Crippen molar-refractivity contribution in [2.75, 3.05) is 0 Å². The molecule has 0 saturated carbocycles. The van der Waals surface area contributed by atoms with E-state index >= 15 is 0 Å². The second-order valence-corrected chi connectivity index (χ2v) is 21.2. The fourth-order valence-corrected chi connectivity index (χ4v) is 9.07. The summed E-state index contributed by atoms with van der Waals surface area (Å²) in [5, 5.41) is 10.2. The second kappa shape index (κ2) is 24.3. The number of carbonyl (C=O) groups is 4. The van der Waals surface area contributed by atoms with Gasteiger partial charge in [-0.15, -0.1) is 0 Å². The smallest absolute Gasteiger partial charge is 0.398 e. The average Bonchev–Trinajstić information content (AvgIpc) is 1.78. The first-order valence-corrected chi connectivity index (χ1v) is 26.2. The van der Waals surface area contributed by atoms with E-state index < -0.39 is 95.0 Å². The molecule has 456 valence electrons. The molecule has 8 aromatic rings. The SMILES string of the molecule is Cn1nc(C(F)(F)F)cc1-c1cc(CN)c(F)cn1.Cn1nc(C(F)(F)F)cc1-c1cc(CN2C(=O)c3ccccc3C2=O)c(F)cn1.Cn1nc(C(F)(F)F)cc1B1OC(C)(C)C(C)(C)O1.O=C1c2ccccc2C(=O)N1Cc1cc(Br)ncc1F. The molecular weight excluding hydrogens is 1240 g/mol. The van der Waals surface area contributed by atoms with Gasteiger partial charge >= 0.3 is 25.6 Å². The summed E-state index contributed by atoms with van der Waals surface area (Å²) in [4.78, 5) is 62.5. The quantitative estimate of drug-likeness (QED) is 0.0650. The highest BCUT2D eigenvalue weighted by Gasteiger charge is 2.53. The van der Waals surface area contributed by atoms with Crippen molar-refractivity contribution in [3.63, 3.8) is 0 Å². The molecule has 4 amide bonds. The predicted molar refractivity (Wildman–Crippen MR) is 288 cm³/mol. The van der Waals surface area contributed by atoms with Crippen LogP contribution in [-0.2, 0) is 68.6 Å². The lowest BCUT2D eigenvalue weighted by Gasteiger charge is -2.32. The summed E-state index contributed by atoms with van der Waals surface area (Å²) in [6.45, 7) is 6.81. The Bertz CT molecular complexity index is 3890. The minimum absolute atomic E-state index is 0.0148. The summed E-state index contributed by atoms with van der Waals surface area (Å²) >= 11 is 3.14. The number of carbonyl (C=O) groups excluding carboxylic acids is 4. The van der Waals surface area contributed by atoms with Gasteiger partial charge in [0.15, 0.2) is 17.1 Å². The number of aromatic nitrogens is 9. The Labute approximate surface area is 494 Å². The summed E-state index contributed by atoms with van der Waals surface area (Å²) in [5.74, 6) is -3.87. The Kier molecular flexibility index (Phi) is 18.0. The molecule has 0 aliphatic carbocycles. The summed E-state index contributed by atoms with van der Waals surface area (Å²) in [7, 11) is 3.26. The van der Waals surface area contributed by atoms with Gasteiger partial charge in [0.05, 0.1) is 93.5 Å². The Hall–Kier alpha value is -8.62. The Balaban J connectivity index is 0.000000153. The molecule has 9 heterocycles. The van der Waals surface area contributed by atoms with Crippen molar-refractivity contribution in [1.29, 1.82) is 0 Å². The minimum Gasteiger partial charge on any atom is -0.398 e. The third-order valence-corrected chi connectivity index (χ3v) is 14.4. The molecule has 0 radical (unpaired) electrons. The van der Waals surface area contributed by atoms with Gasteiger partial charge in [0.25, 0.3) is 23.6 Å². The van der Waals surface area contributed by atoms with Gasteiger partial charge < -0.3 is 15.0 Å². The third kappa shape index (κ3) is 13.7. The molecular formula is C55H46BBrF12N12O6. The van der Waals surface area contributed by atoms with E-state index in [2.05, 4.69) is 46.2 Å². The standard InChI is InChI=1S/C19H12F4N4O2.C14H8BrFN2O2.C11H16BF3N2O2.C11H10F4N4/c1-26-15(7-16(25-26)19(21,22)23)14-6-10(13(20)8-24-14)9-27-17(28)11-4-2-3-5-12(11)18(27)29;15-12-5-8(11(16)6-17-12)7-18-13(19)9-3-1-2-4-10(9)14(18)20;1-9(2)10(3,4)19-12(18-9)8-6-7(11(13,14)15)16-17(8)5;1-19-9(3-10(18-19)11(13,14)15)8-2-6(4-16)7(12)5-17-8/h2-8H,9H2,1H3;1-6H,7H2;6H,1-5H3;2-3,5H,4,16H2,1H3. The molecule has 0 spiro atoms. The van der Waals surface area contributed by atoms with E-state index in [1.165, 1.54) is 51.5 Å². The summed E-state index contributed by atoms with van der Waals surface area (Å²) in [5.41, 5.74) is 3.20. The number of benzene rings is 2. The van der Waals surface area contributed by atoms with E-state index in [-0.39, 0.29) is 75.8 Å². The molecule has 0 unspecified atom stereocenters. The van der Waals surface area contributed by atoms with Crippen molar-refractivity contribution in [2.45, 2.75) is 77.1 Å². The van der Waals surface area contributed by atoms with Gasteiger partial charge in [0.1, 0.15) is 22.1 Å². The molecule has 32 heteroatoms. The minimum atomic E-state index is -4.64. The number of hydrogen-bond donors (Lipinski definition) is 1. The van der Waals surface area contributed by atoms with Crippen molar-refractivity contribution in [3.8, 4) is 22.8 Å². The summed E-state index contributed by atoms with van der Waals surface area (Å²) < 4.78 is 170. The van der Waals surface area contributed by atoms with E-state index in [4.69, 9.17) is 15.0 Å². The first kappa shape index (κ1) is 64.4. The van der Waals surface area contributed by atoms with Gasteiger partial charge in [-0.2, -0.15) is 54.8 Å². The van der Waals surface area contributed by atoms with Crippen molar-refractivity contribution in [3.05, 3.63) is 182 Å². The van der Waals surface area contributed by atoms with Gasteiger partial charge in [-0.1, -0.05) is 24.3 Å². The van der Waals surface area contributed by atoms with Gasteiger partial charge in [0.2, 0.25) is 0 Å². The number of aryl methyl sites for hydroxylation is 3. The Morgan fingerprint density at radius 1 is 0.506 bits per heavy atom. The highest BCUT2D eigenvalue weighted by molar-refractivity contribution is 9.10. The third-order valence-electron chi connectivity index (χ3n) is 14.0. The van der Waals surface area contributed by atoms with Crippen LogP contribution in [0.25, 0.3) is 22.8 Å². The summed E-state index contributed by atoms with van der Waals surface area (Å²) in [6.07, 6.45) is -10.8. The monoisotopic (exact) mass is 1290 g/mol. The maximum absolute atomic E-state index is 14.3. The molecule has 18 nitrogen and oxygen atoms in total. The first-order chi connectivity index (χ1) is 40.5. The van der Waals surface area contributed by atoms with E-state index in [9.17, 15) is 71.9 Å². The zero-order valence-electron chi connectivity index (χ0n) is 46.4. The van der Waals surface area contributed by atoms with Crippen molar-refractivity contribution in [1.82, 2.24) is 54.1 Å². The van der Waals surface area contributed by atoms with Crippen LogP contribution >= 0.6 is 15.9 Å². The topological polar surface area (TPSA) is 211 Å². The lowest BCUT2D eigenvalue weighted by Crippen LogP contribution is -2.41. The Morgan fingerprint density at radius 3 is 1.20 bits per heavy atom. The molecule has 3 aliphatic rings. The number of halogens is 13. The van der Waals surface area contributed by atoms with Crippen molar-refractivity contribution >= 4 is 52.3 Å². The fraction of sp³-hybridized carbons (Fsp3) is 0.273. The predicted octanol–water partition coefficient (Wildman–Crippen LogP) is 10.1. The zero-order valence-corrected chi connectivity index (χ0v) is 48.0. The van der Waals surface area contributed by atoms with E-state index in [1.807, 2.05) is 27.7 Å². The molecule has 0 bridgehead atoms. The molecule has 11 rings (SSSR count). The number of imide groups is 2. The zero-order chi connectivity index (χ0) is 64.0. The Morgan fingerprint density at radius 2 is 0.839 bits per heavy atom. The number of amides is 4. The number of pyridine rings is 3. The largest absolute Gasteiger partial charge is 0.514 e.